The van der Waals surface area contributed by atoms with Gasteiger partial charge in [-0.15, -0.1) is 0 Å². The van der Waals surface area contributed by atoms with Crippen molar-refractivity contribution in [3.63, 3.8) is 0 Å². The summed E-state index contributed by atoms with van der Waals surface area (Å²) in [5, 5.41) is 65.1. The highest BCUT2D eigenvalue weighted by molar-refractivity contribution is 5.20. The zero-order chi connectivity index (χ0) is 33.3. The van der Waals surface area contributed by atoms with Crippen molar-refractivity contribution in [3.05, 3.63) is 11.6 Å². The summed E-state index contributed by atoms with van der Waals surface area (Å²) >= 11 is 0. The standard InChI is InChI=1S/C36H62O9/c1-20(19-44-31-28(41)26(39)27(40)30(43-8)45-31)10-9-15-36(7,42)22-13-17-34(5)21(22)11-12-24-33(4)16-14-25(38)32(2,3)29(33)23(37)18-35(24,34)6/h10,21-31,37-42H,9,11-19H2,1-8H3/b20-10+/t21-,22-,23-,24+,25-,26-,27-,28+,29-,30-,31+,33+,34+,35+,36-/m0/s1. The van der Waals surface area contributed by atoms with Gasteiger partial charge >= 0.3 is 0 Å². The molecule has 15 atom stereocenters. The van der Waals surface area contributed by atoms with Gasteiger partial charge in [-0.1, -0.05) is 46.3 Å². The fourth-order valence-electron chi connectivity index (χ4n) is 11.9. The summed E-state index contributed by atoms with van der Waals surface area (Å²) in [5.41, 5.74) is -0.264. The summed E-state index contributed by atoms with van der Waals surface area (Å²) in [6.45, 7) is 15.7. The van der Waals surface area contributed by atoms with Crippen LogP contribution >= 0.6 is 0 Å². The van der Waals surface area contributed by atoms with Crippen molar-refractivity contribution in [2.75, 3.05) is 13.7 Å². The lowest BCUT2D eigenvalue weighted by molar-refractivity contribution is -0.343. The molecule has 5 rings (SSSR count). The van der Waals surface area contributed by atoms with E-state index in [2.05, 4.69) is 34.6 Å². The number of aliphatic hydroxyl groups excluding tert-OH is 5. The average molecular weight is 639 g/mol. The molecule has 1 saturated heterocycles. The molecular weight excluding hydrogens is 576 g/mol. The highest BCUT2D eigenvalue weighted by Gasteiger charge is 2.71. The Kier molecular flexibility index (Phi) is 9.80. The number of fused-ring (bicyclic) bond motifs is 5. The SMILES string of the molecule is CO[C@H]1O[C@@H](OC/C(C)=C/CC[C@](C)(O)[C@H]2CC[C@]3(C)[C@H]2CC[C@@H]2[C@@]4(C)CC[C@H](O)C(C)(C)[C@@H]4[C@@H](O)C[C@]23C)[C@H](O)[C@@H](O)[C@@H]1O. The lowest BCUT2D eigenvalue weighted by atomic mass is 9.35. The maximum atomic E-state index is 12.0. The molecule has 0 amide bonds. The van der Waals surface area contributed by atoms with Crippen molar-refractivity contribution in [1.29, 1.82) is 0 Å². The molecule has 0 radical (unpaired) electrons. The van der Waals surface area contributed by atoms with Crippen LogP contribution in [0.5, 0.6) is 0 Å². The molecule has 1 aliphatic heterocycles. The van der Waals surface area contributed by atoms with Gasteiger partial charge in [-0.05, 0) is 117 Å². The monoisotopic (exact) mass is 638 g/mol. The molecule has 0 aromatic heterocycles. The number of allylic oxidation sites excluding steroid dienone is 1. The third kappa shape index (κ3) is 5.68. The lowest BCUT2D eigenvalue weighted by Gasteiger charge is -2.71. The van der Waals surface area contributed by atoms with Crippen molar-refractivity contribution >= 4 is 0 Å². The smallest absolute Gasteiger partial charge is 0.189 e. The van der Waals surface area contributed by atoms with E-state index in [-0.39, 0.29) is 46.2 Å². The molecule has 0 aromatic carbocycles. The first-order chi connectivity index (χ1) is 20.8. The van der Waals surface area contributed by atoms with E-state index in [1.807, 2.05) is 19.9 Å². The maximum absolute atomic E-state index is 12.0. The quantitative estimate of drug-likeness (QED) is 0.218. The Labute approximate surface area is 270 Å². The van der Waals surface area contributed by atoms with Crippen molar-refractivity contribution < 1.29 is 44.8 Å². The lowest BCUT2D eigenvalue weighted by Crippen LogP contribution is -2.68. The van der Waals surface area contributed by atoms with Crippen LogP contribution in [0.4, 0.5) is 0 Å². The number of hydrogen-bond donors (Lipinski definition) is 6. The Bertz CT molecular complexity index is 1090. The third-order valence-electron chi connectivity index (χ3n) is 14.4. The molecule has 5 fully saturated rings. The van der Waals surface area contributed by atoms with Crippen LogP contribution in [0.15, 0.2) is 11.6 Å². The summed E-state index contributed by atoms with van der Waals surface area (Å²) in [5.74, 6) is 1.13. The third-order valence-corrected chi connectivity index (χ3v) is 14.4. The van der Waals surface area contributed by atoms with Gasteiger partial charge in [-0.3, -0.25) is 0 Å². The molecule has 0 spiro atoms. The molecule has 4 aliphatic carbocycles. The van der Waals surface area contributed by atoms with Gasteiger partial charge in [0, 0.05) is 7.11 Å². The molecule has 0 bridgehead atoms. The molecule has 9 heteroatoms. The van der Waals surface area contributed by atoms with Gasteiger partial charge in [-0.25, -0.2) is 0 Å². The van der Waals surface area contributed by atoms with Gasteiger partial charge in [0.05, 0.1) is 24.4 Å². The topological polar surface area (TPSA) is 149 Å². The molecule has 4 saturated carbocycles. The normalized spacial score (nSPS) is 51.2. The second-order valence-electron chi connectivity index (χ2n) is 17.2. The minimum Gasteiger partial charge on any atom is -0.393 e. The van der Waals surface area contributed by atoms with Crippen LogP contribution in [0.25, 0.3) is 0 Å². The van der Waals surface area contributed by atoms with Crippen molar-refractivity contribution in [3.8, 4) is 0 Å². The summed E-state index contributed by atoms with van der Waals surface area (Å²) in [7, 11) is 1.35. The largest absolute Gasteiger partial charge is 0.393 e. The predicted octanol–water partition coefficient (Wildman–Crippen LogP) is 3.91. The van der Waals surface area contributed by atoms with Crippen LogP contribution in [0.2, 0.25) is 0 Å². The van der Waals surface area contributed by atoms with E-state index in [1.165, 1.54) is 7.11 Å². The fraction of sp³-hybridized carbons (Fsp3) is 0.944. The Balaban J connectivity index is 1.23. The first-order valence-corrected chi connectivity index (χ1v) is 17.4. The molecular formula is C36H62O9. The second kappa shape index (κ2) is 12.4. The first kappa shape index (κ1) is 35.7. The van der Waals surface area contributed by atoms with Gasteiger partial charge in [0.2, 0.25) is 0 Å². The number of aliphatic hydroxyl groups is 6. The summed E-state index contributed by atoms with van der Waals surface area (Å²) < 4.78 is 16.2. The Morgan fingerprint density at radius 3 is 2.22 bits per heavy atom. The van der Waals surface area contributed by atoms with Crippen LogP contribution in [-0.2, 0) is 14.2 Å². The van der Waals surface area contributed by atoms with Crippen molar-refractivity contribution in [1.82, 2.24) is 0 Å². The summed E-state index contributed by atoms with van der Waals surface area (Å²) in [6, 6.07) is 0. The highest BCUT2D eigenvalue weighted by Crippen LogP contribution is 2.75. The van der Waals surface area contributed by atoms with Gasteiger partial charge in [0.25, 0.3) is 0 Å². The number of methoxy groups -OCH3 is 1. The Morgan fingerprint density at radius 2 is 1.56 bits per heavy atom. The van der Waals surface area contributed by atoms with E-state index in [0.717, 1.165) is 50.5 Å². The summed E-state index contributed by atoms with van der Waals surface area (Å²) in [4.78, 5) is 0. The average Bonchev–Trinajstić information content (AvgIpc) is 3.32. The van der Waals surface area contributed by atoms with Gasteiger partial charge in [-0.2, -0.15) is 0 Å². The first-order valence-electron chi connectivity index (χ1n) is 17.4. The zero-order valence-corrected chi connectivity index (χ0v) is 28.9. The van der Waals surface area contributed by atoms with E-state index >= 15 is 0 Å². The predicted molar refractivity (Wildman–Crippen MR) is 170 cm³/mol. The molecule has 0 aromatic rings. The van der Waals surface area contributed by atoms with Crippen LogP contribution in [0, 0.1) is 45.3 Å². The van der Waals surface area contributed by atoms with E-state index in [1.54, 1.807) is 0 Å². The fourth-order valence-corrected chi connectivity index (χ4v) is 11.9. The number of hydrogen-bond acceptors (Lipinski definition) is 9. The van der Waals surface area contributed by atoms with Crippen molar-refractivity contribution in [2.24, 2.45) is 45.3 Å². The molecule has 6 N–H and O–H groups in total. The van der Waals surface area contributed by atoms with Gasteiger partial charge < -0.3 is 44.8 Å². The molecule has 1 heterocycles. The molecule has 0 unspecified atom stereocenters. The molecule has 45 heavy (non-hydrogen) atoms. The highest BCUT2D eigenvalue weighted by atomic mass is 16.8. The number of ether oxygens (including phenoxy) is 3. The molecule has 260 valence electrons. The molecule has 5 aliphatic rings. The zero-order valence-electron chi connectivity index (χ0n) is 28.9. The summed E-state index contributed by atoms with van der Waals surface area (Å²) in [6.07, 6.45) is 2.84. The molecule has 9 nitrogen and oxygen atoms in total. The minimum absolute atomic E-state index is 0.0187. The van der Waals surface area contributed by atoms with Crippen LogP contribution < -0.4 is 0 Å². The Hall–Kier alpha value is -0.620. The second-order valence-corrected chi connectivity index (χ2v) is 17.2. The van der Waals surface area contributed by atoms with Gasteiger partial charge in [0.1, 0.15) is 18.3 Å². The van der Waals surface area contributed by atoms with E-state index in [9.17, 15) is 30.6 Å². The minimum atomic E-state index is -1.44. The maximum Gasteiger partial charge on any atom is 0.189 e. The van der Waals surface area contributed by atoms with Gasteiger partial charge in [0.15, 0.2) is 12.6 Å². The van der Waals surface area contributed by atoms with E-state index < -0.39 is 42.6 Å². The Morgan fingerprint density at radius 1 is 0.889 bits per heavy atom. The van der Waals surface area contributed by atoms with Crippen molar-refractivity contribution in [2.45, 2.75) is 155 Å². The van der Waals surface area contributed by atoms with E-state index in [4.69, 9.17) is 14.2 Å². The van der Waals surface area contributed by atoms with Crippen LogP contribution in [-0.4, -0.2) is 93.1 Å². The number of rotatable bonds is 8. The van der Waals surface area contributed by atoms with E-state index in [0.29, 0.717) is 24.7 Å². The van der Waals surface area contributed by atoms with Crippen LogP contribution in [0.1, 0.15) is 106 Å². The van der Waals surface area contributed by atoms with Crippen LogP contribution in [0.3, 0.4) is 0 Å².